The lowest BCUT2D eigenvalue weighted by molar-refractivity contribution is -0.137. The van der Waals surface area contributed by atoms with Crippen LogP contribution in [0.3, 0.4) is 0 Å². The van der Waals surface area contributed by atoms with Gasteiger partial charge >= 0.3 is 6.18 Å². The molecule has 1 amide bonds. The van der Waals surface area contributed by atoms with Crippen molar-refractivity contribution in [2.45, 2.75) is 25.7 Å². The Hall–Kier alpha value is -3.92. The van der Waals surface area contributed by atoms with Crippen molar-refractivity contribution < 1.29 is 18.0 Å². The summed E-state index contributed by atoms with van der Waals surface area (Å²) in [6, 6.07) is 4.33. The first-order valence-corrected chi connectivity index (χ1v) is 10.1. The van der Waals surface area contributed by atoms with Gasteiger partial charge in [0.1, 0.15) is 17.6 Å². The van der Waals surface area contributed by atoms with Crippen molar-refractivity contribution in [3.63, 3.8) is 0 Å². The number of aromatic nitrogens is 5. The smallest absolute Gasteiger partial charge is 0.351 e. The Bertz CT molecular complexity index is 1160. The number of halogens is 3. The molecule has 1 aliphatic heterocycles. The fraction of sp³-hybridized carbons (Fsp3) is 0.350. The molecule has 0 aliphatic carbocycles. The predicted molar refractivity (Wildman–Crippen MR) is 111 cm³/mol. The minimum atomic E-state index is -4.42. The molecule has 13 heteroatoms. The first-order chi connectivity index (χ1) is 15.8. The molecular weight excluding hydrogens is 439 g/mol. The lowest BCUT2D eigenvalue weighted by atomic mass is 10.1. The van der Waals surface area contributed by atoms with Gasteiger partial charge in [0.2, 0.25) is 0 Å². The molecule has 4 heterocycles. The van der Waals surface area contributed by atoms with Gasteiger partial charge in [0.05, 0.1) is 18.1 Å². The number of hydrogen-bond donors (Lipinski definition) is 3. The number of carbonyl (C=O) groups is 1. The van der Waals surface area contributed by atoms with E-state index in [2.05, 4.69) is 35.4 Å². The highest BCUT2D eigenvalue weighted by atomic mass is 19.4. The maximum absolute atomic E-state index is 12.8. The summed E-state index contributed by atoms with van der Waals surface area (Å²) in [5.74, 6) is 0.159. The lowest BCUT2D eigenvalue weighted by Gasteiger charge is -2.40. The van der Waals surface area contributed by atoms with Gasteiger partial charge in [0.25, 0.3) is 5.91 Å². The number of rotatable bonds is 5. The number of aromatic amines is 2. The average molecular weight is 459 g/mol. The van der Waals surface area contributed by atoms with Crippen LogP contribution < -0.4 is 10.2 Å². The molecule has 3 aromatic heterocycles. The predicted octanol–water partition coefficient (Wildman–Crippen LogP) is 2.38. The Morgan fingerprint density at radius 2 is 2.12 bits per heavy atom. The van der Waals surface area contributed by atoms with Gasteiger partial charge in [-0.1, -0.05) is 0 Å². The summed E-state index contributed by atoms with van der Waals surface area (Å²) in [7, 11) is 0. The van der Waals surface area contributed by atoms with Gasteiger partial charge < -0.3 is 15.2 Å². The molecular formula is C20H20F3N9O. The van der Waals surface area contributed by atoms with Crippen LogP contribution in [-0.2, 0) is 12.7 Å². The van der Waals surface area contributed by atoms with Gasteiger partial charge in [-0.2, -0.15) is 23.5 Å². The number of carbonyl (C=O) groups excluding carboxylic acids is 1. The third-order valence-corrected chi connectivity index (χ3v) is 5.40. The van der Waals surface area contributed by atoms with Gasteiger partial charge in [-0.15, -0.1) is 0 Å². The summed E-state index contributed by atoms with van der Waals surface area (Å²) in [4.78, 5) is 27.3. The molecule has 1 saturated heterocycles. The van der Waals surface area contributed by atoms with Crippen LogP contribution in [0.2, 0.25) is 0 Å². The molecule has 0 aromatic carbocycles. The van der Waals surface area contributed by atoms with Gasteiger partial charge in [0.15, 0.2) is 11.5 Å². The maximum Gasteiger partial charge on any atom is 0.417 e. The summed E-state index contributed by atoms with van der Waals surface area (Å²) >= 11 is 0. The van der Waals surface area contributed by atoms with Crippen molar-refractivity contribution in [1.29, 1.82) is 5.26 Å². The van der Waals surface area contributed by atoms with Gasteiger partial charge in [0, 0.05) is 44.0 Å². The van der Waals surface area contributed by atoms with Gasteiger partial charge in [-0.3, -0.25) is 14.8 Å². The van der Waals surface area contributed by atoms with E-state index in [9.17, 15) is 18.0 Å². The molecule has 0 radical (unpaired) electrons. The third kappa shape index (κ3) is 4.80. The third-order valence-electron chi connectivity index (χ3n) is 5.40. The van der Waals surface area contributed by atoms with Crippen LogP contribution >= 0.6 is 0 Å². The molecule has 0 bridgehead atoms. The second-order valence-electron chi connectivity index (χ2n) is 7.64. The van der Waals surface area contributed by atoms with Crippen molar-refractivity contribution in [3.8, 4) is 6.07 Å². The Labute approximate surface area is 186 Å². The molecule has 1 atom stereocenters. The largest absolute Gasteiger partial charge is 0.417 e. The summed E-state index contributed by atoms with van der Waals surface area (Å²) in [6.45, 7) is 4.22. The quantitative estimate of drug-likeness (QED) is 0.534. The van der Waals surface area contributed by atoms with E-state index in [-0.39, 0.29) is 23.2 Å². The average Bonchev–Trinajstić information content (AvgIpc) is 3.42. The van der Waals surface area contributed by atoms with Crippen LogP contribution in [0.4, 0.5) is 24.8 Å². The highest BCUT2D eigenvalue weighted by Crippen LogP contribution is 2.30. The molecule has 3 N–H and O–H groups in total. The molecule has 3 aromatic rings. The number of imidazole rings is 1. The Balaban J connectivity index is 1.39. The SMILES string of the molecule is CC1CN(Cc2cn[nH]c2C(=O)Nc2nc[nH]c2C#N)CCN1c1ccc(C(F)(F)F)cn1. The van der Waals surface area contributed by atoms with Crippen molar-refractivity contribution in [2.75, 3.05) is 29.9 Å². The van der Waals surface area contributed by atoms with Crippen LogP contribution in [0.1, 0.15) is 34.2 Å². The number of hydrogen-bond acceptors (Lipinski definition) is 7. The van der Waals surface area contributed by atoms with E-state index in [0.29, 0.717) is 37.6 Å². The number of piperazine rings is 1. The number of H-pyrrole nitrogens is 2. The fourth-order valence-electron chi connectivity index (χ4n) is 3.75. The van der Waals surface area contributed by atoms with E-state index in [0.717, 1.165) is 12.3 Å². The highest BCUT2D eigenvalue weighted by Gasteiger charge is 2.32. The zero-order valence-electron chi connectivity index (χ0n) is 17.5. The summed E-state index contributed by atoms with van der Waals surface area (Å²) < 4.78 is 38.4. The molecule has 0 saturated carbocycles. The number of nitrogens with one attached hydrogen (secondary N) is 3. The van der Waals surface area contributed by atoms with Gasteiger partial charge in [-0.05, 0) is 19.1 Å². The van der Waals surface area contributed by atoms with E-state index in [4.69, 9.17) is 5.26 Å². The zero-order valence-corrected chi connectivity index (χ0v) is 17.5. The van der Waals surface area contributed by atoms with Crippen LogP contribution in [0, 0.1) is 11.3 Å². The summed E-state index contributed by atoms with van der Waals surface area (Å²) in [6.07, 6.45) is -0.687. The topological polar surface area (TPSA) is 130 Å². The van der Waals surface area contributed by atoms with Crippen molar-refractivity contribution in [2.24, 2.45) is 0 Å². The Morgan fingerprint density at radius 3 is 2.79 bits per heavy atom. The monoisotopic (exact) mass is 459 g/mol. The molecule has 1 unspecified atom stereocenters. The fourth-order valence-corrected chi connectivity index (χ4v) is 3.75. The van der Waals surface area contributed by atoms with Crippen molar-refractivity contribution >= 4 is 17.5 Å². The van der Waals surface area contributed by atoms with Crippen LogP contribution in [0.5, 0.6) is 0 Å². The second kappa shape index (κ2) is 8.91. The zero-order chi connectivity index (χ0) is 23.6. The summed E-state index contributed by atoms with van der Waals surface area (Å²) in [5, 5.41) is 18.3. The second-order valence-corrected chi connectivity index (χ2v) is 7.64. The molecule has 4 rings (SSSR count). The first kappa shape index (κ1) is 22.3. The van der Waals surface area contributed by atoms with Crippen LogP contribution in [-0.4, -0.2) is 61.6 Å². The number of nitrogens with zero attached hydrogens (tertiary/aromatic N) is 6. The molecule has 172 valence electrons. The molecule has 1 aliphatic rings. The van der Waals surface area contributed by atoms with Crippen molar-refractivity contribution in [3.05, 3.63) is 53.4 Å². The number of anilines is 2. The number of alkyl halides is 3. The highest BCUT2D eigenvalue weighted by molar-refractivity contribution is 6.03. The number of nitriles is 1. The Morgan fingerprint density at radius 1 is 1.30 bits per heavy atom. The summed E-state index contributed by atoms with van der Waals surface area (Å²) in [5.41, 5.74) is 0.308. The molecule has 0 spiro atoms. The van der Waals surface area contributed by atoms with E-state index in [1.807, 2.05) is 17.9 Å². The van der Waals surface area contributed by atoms with Crippen LogP contribution in [0.15, 0.2) is 30.9 Å². The standard InChI is InChI=1S/C20H20F3N9O/c1-12-9-31(4-5-32(12)16-3-2-14(8-25-16)20(21,22)23)10-13-7-28-30-17(13)19(33)29-18-15(6-24)26-11-27-18/h2-3,7-8,11-12H,4-5,9-10H2,1H3,(H,26,27)(H,28,30)(H,29,33). The molecule has 10 nitrogen and oxygen atoms in total. The van der Waals surface area contributed by atoms with E-state index >= 15 is 0 Å². The van der Waals surface area contributed by atoms with Gasteiger partial charge in [-0.25, -0.2) is 9.97 Å². The molecule has 33 heavy (non-hydrogen) atoms. The molecule has 1 fully saturated rings. The minimum Gasteiger partial charge on any atom is -0.351 e. The Kier molecular flexibility index (Phi) is 6.01. The lowest BCUT2D eigenvalue weighted by Crippen LogP contribution is -2.52. The van der Waals surface area contributed by atoms with E-state index in [1.165, 1.54) is 12.4 Å². The van der Waals surface area contributed by atoms with E-state index < -0.39 is 17.6 Å². The van der Waals surface area contributed by atoms with Crippen LogP contribution in [0.25, 0.3) is 0 Å². The minimum absolute atomic E-state index is 0.00518. The van der Waals surface area contributed by atoms with Crippen molar-refractivity contribution in [1.82, 2.24) is 30.0 Å². The maximum atomic E-state index is 12.8. The van der Waals surface area contributed by atoms with E-state index in [1.54, 1.807) is 6.20 Å². The normalized spacial score (nSPS) is 17.1. The number of pyridine rings is 1. The first-order valence-electron chi connectivity index (χ1n) is 10.1. The number of amides is 1.